The normalized spacial score (nSPS) is 13.9. The minimum atomic E-state index is -5.08. The Morgan fingerprint density at radius 2 is 1.66 bits per heavy atom. The number of nitrogens with zero attached hydrogens (tertiary/aromatic N) is 1. The van der Waals surface area contributed by atoms with Crippen LogP contribution in [-0.4, -0.2) is 64.3 Å². The lowest BCUT2D eigenvalue weighted by molar-refractivity contribution is -0.192. The van der Waals surface area contributed by atoms with Gasteiger partial charge in [-0.3, -0.25) is 9.52 Å². The number of carboxylic acid groups (broad SMARTS) is 1. The third-order valence-electron chi connectivity index (χ3n) is 5.66. The van der Waals surface area contributed by atoms with Crippen LogP contribution in [0.1, 0.15) is 35.3 Å². The quantitative estimate of drug-likeness (QED) is 0.409. The van der Waals surface area contributed by atoms with Crippen LogP contribution in [0.15, 0.2) is 41.3 Å². The van der Waals surface area contributed by atoms with Crippen molar-refractivity contribution >= 4 is 33.3 Å². The molecule has 0 radical (unpaired) electrons. The fourth-order valence-electron chi connectivity index (χ4n) is 3.42. The van der Waals surface area contributed by atoms with Crippen LogP contribution in [0.3, 0.4) is 0 Å². The van der Waals surface area contributed by atoms with Crippen molar-refractivity contribution in [3.8, 4) is 0 Å². The van der Waals surface area contributed by atoms with Gasteiger partial charge in [0.25, 0.3) is 15.9 Å². The molecule has 0 bridgehead atoms. The third kappa shape index (κ3) is 8.91. The van der Waals surface area contributed by atoms with E-state index in [0.29, 0.717) is 23.7 Å². The highest BCUT2D eigenvalue weighted by atomic mass is 32.2. The standard InChI is InChI=1S/C23H32N4O3S.C2HF3O2/c1-16(2)15-25-23(28)19-6-8-22(27-11-9-24-10-12-27)21(14-19)26-31(29,30)20-7-5-17(3)18(4)13-20;3-2(4,5)1(6)7/h5-8,13-14,16,24,26H,9-12,15H2,1-4H3,(H,25,28);(H,6,7). The predicted molar refractivity (Wildman–Crippen MR) is 139 cm³/mol. The average molecular weight is 559 g/mol. The van der Waals surface area contributed by atoms with Gasteiger partial charge in [0.15, 0.2) is 0 Å². The second-order valence-electron chi connectivity index (χ2n) is 9.23. The first kappa shape index (κ1) is 30.9. The first-order valence-corrected chi connectivity index (χ1v) is 13.4. The van der Waals surface area contributed by atoms with Crippen molar-refractivity contribution in [1.82, 2.24) is 10.6 Å². The molecule has 0 spiro atoms. The number of rotatable bonds is 7. The second-order valence-corrected chi connectivity index (χ2v) is 10.9. The fraction of sp³-hybridized carbons (Fsp3) is 0.440. The van der Waals surface area contributed by atoms with Crippen molar-refractivity contribution in [3.05, 3.63) is 53.1 Å². The number of carboxylic acids is 1. The number of aliphatic carboxylic acids is 1. The smallest absolute Gasteiger partial charge is 0.475 e. The van der Waals surface area contributed by atoms with Gasteiger partial charge in [0.05, 0.1) is 16.3 Å². The van der Waals surface area contributed by atoms with E-state index in [2.05, 4.69) is 20.3 Å². The number of halogens is 3. The molecule has 0 aliphatic carbocycles. The maximum atomic E-state index is 13.2. The monoisotopic (exact) mass is 558 g/mol. The van der Waals surface area contributed by atoms with E-state index in [4.69, 9.17) is 9.90 Å². The van der Waals surface area contributed by atoms with Gasteiger partial charge in [-0.15, -0.1) is 0 Å². The number of aryl methyl sites for hydroxylation is 2. The molecule has 2 aromatic rings. The van der Waals surface area contributed by atoms with Gasteiger partial charge >= 0.3 is 12.1 Å². The van der Waals surface area contributed by atoms with Gasteiger partial charge in [-0.25, -0.2) is 13.2 Å². The molecule has 0 unspecified atom stereocenters. The van der Waals surface area contributed by atoms with E-state index in [-0.39, 0.29) is 10.8 Å². The van der Waals surface area contributed by atoms with Crippen LogP contribution >= 0.6 is 0 Å². The molecule has 1 saturated heterocycles. The molecule has 0 aromatic heterocycles. The third-order valence-corrected chi connectivity index (χ3v) is 7.03. The number of hydrogen-bond donors (Lipinski definition) is 4. The van der Waals surface area contributed by atoms with Crippen molar-refractivity contribution in [2.75, 3.05) is 42.3 Å². The summed E-state index contributed by atoms with van der Waals surface area (Å²) < 4.78 is 60.8. The number of nitrogens with one attached hydrogen (secondary N) is 3. The molecule has 3 rings (SSSR count). The first-order valence-electron chi connectivity index (χ1n) is 11.9. The summed E-state index contributed by atoms with van der Waals surface area (Å²) in [5.74, 6) is -2.65. The molecular formula is C25H33F3N4O5S. The summed E-state index contributed by atoms with van der Waals surface area (Å²) in [7, 11) is -3.81. The number of carbonyl (C=O) groups excluding carboxylic acids is 1. The molecule has 9 nitrogen and oxygen atoms in total. The molecule has 0 saturated carbocycles. The number of piperazine rings is 1. The summed E-state index contributed by atoms with van der Waals surface area (Å²) >= 11 is 0. The number of sulfonamides is 1. The largest absolute Gasteiger partial charge is 0.490 e. The van der Waals surface area contributed by atoms with Crippen LogP contribution < -0.4 is 20.3 Å². The van der Waals surface area contributed by atoms with Crippen molar-refractivity contribution in [1.29, 1.82) is 0 Å². The SMILES string of the molecule is Cc1ccc(S(=O)(=O)Nc2cc(C(=O)NCC(C)C)ccc2N2CCNCC2)cc1C.O=C(O)C(F)(F)F. The topological polar surface area (TPSA) is 128 Å². The summed E-state index contributed by atoms with van der Waals surface area (Å²) in [6.45, 7) is 11.6. The van der Waals surface area contributed by atoms with Crippen molar-refractivity contribution in [3.63, 3.8) is 0 Å². The number of carbonyl (C=O) groups is 2. The summed E-state index contributed by atoms with van der Waals surface area (Å²) in [5.41, 5.74) is 3.56. The lowest BCUT2D eigenvalue weighted by Crippen LogP contribution is -2.43. The highest BCUT2D eigenvalue weighted by Crippen LogP contribution is 2.30. The summed E-state index contributed by atoms with van der Waals surface area (Å²) in [5, 5.41) is 13.3. The summed E-state index contributed by atoms with van der Waals surface area (Å²) in [6.07, 6.45) is -5.08. The zero-order chi connectivity index (χ0) is 28.7. The van der Waals surface area contributed by atoms with Crippen LogP contribution in [-0.2, 0) is 14.8 Å². The lowest BCUT2D eigenvalue weighted by Gasteiger charge is -2.31. The van der Waals surface area contributed by atoms with Gasteiger partial charge in [-0.05, 0) is 61.2 Å². The highest BCUT2D eigenvalue weighted by molar-refractivity contribution is 7.92. The Hall–Kier alpha value is -3.32. The van der Waals surface area contributed by atoms with Gasteiger partial charge in [-0.1, -0.05) is 19.9 Å². The molecule has 2 aromatic carbocycles. The van der Waals surface area contributed by atoms with Gasteiger partial charge in [0, 0.05) is 38.3 Å². The van der Waals surface area contributed by atoms with Crippen LogP contribution in [0.2, 0.25) is 0 Å². The average Bonchev–Trinajstić information content (AvgIpc) is 2.84. The number of anilines is 2. The minimum absolute atomic E-state index is 0.205. The molecule has 1 aliphatic heterocycles. The van der Waals surface area contributed by atoms with E-state index in [1.807, 2.05) is 33.8 Å². The second kappa shape index (κ2) is 13.0. The highest BCUT2D eigenvalue weighted by Gasteiger charge is 2.38. The van der Waals surface area contributed by atoms with E-state index < -0.39 is 22.2 Å². The van der Waals surface area contributed by atoms with Gasteiger partial charge in [0.2, 0.25) is 0 Å². The summed E-state index contributed by atoms with van der Waals surface area (Å²) in [6, 6.07) is 10.3. The summed E-state index contributed by atoms with van der Waals surface area (Å²) in [4.78, 5) is 23.8. The Kier molecular flexibility index (Phi) is 10.5. The molecule has 38 heavy (non-hydrogen) atoms. The van der Waals surface area contributed by atoms with E-state index in [0.717, 1.165) is 43.0 Å². The van der Waals surface area contributed by atoms with Crippen molar-refractivity contribution in [2.24, 2.45) is 5.92 Å². The van der Waals surface area contributed by atoms with Crippen molar-refractivity contribution < 1.29 is 36.3 Å². The molecule has 0 atom stereocenters. The Labute approximate surface area is 220 Å². The van der Waals surface area contributed by atoms with Crippen molar-refractivity contribution in [2.45, 2.75) is 38.8 Å². The van der Waals surface area contributed by atoms with Crippen LogP contribution in [0.5, 0.6) is 0 Å². The number of amides is 1. The first-order chi connectivity index (χ1) is 17.6. The zero-order valence-electron chi connectivity index (χ0n) is 21.6. The molecule has 210 valence electrons. The van der Waals surface area contributed by atoms with Gasteiger partial charge < -0.3 is 20.6 Å². The van der Waals surface area contributed by atoms with Gasteiger partial charge in [-0.2, -0.15) is 13.2 Å². The van der Waals surface area contributed by atoms with E-state index in [9.17, 15) is 26.4 Å². The lowest BCUT2D eigenvalue weighted by atomic mass is 10.1. The van der Waals surface area contributed by atoms with Crippen LogP contribution in [0.4, 0.5) is 24.5 Å². The fourth-order valence-corrected chi connectivity index (χ4v) is 4.57. The van der Waals surface area contributed by atoms with Crippen LogP contribution in [0, 0.1) is 19.8 Å². The Morgan fingerprint density at radius 1 is 1.05 bits per heavy atom. The Morgan fingerprint density at radius 3 is 2.18 bits per heavy atom. The number of alkyl halides is 3. The molecular weight excluding hydrogens is 525 g/mol. The number of benzene rings is 2. The zero-order valence-corrected chi connectivity index (χ0v) is 22.5. The molecule has 1 aliphatic rings. The molecule has 1 heterocycles. The van der Waals surface area contributed by atoms with E-state index in [1.54, 1.807) is 30.3 Å². The molecule has 4 N–H and O–H groups in total. The molecule has 1 amide bonds. The predicted octanol–water partition coefficient (Wildman–Crippen LogP) is 3.53. The molecule has 1 fully saturated rings. The molecule has 13 heteroatoms. The van der Waals surface area contributed by atoms with Gasteiger partial charge in [0.1, 0.15) is 0 Å². The number of hydrogen-bond acceptors (Lipinski definition) is 6. The van der Waals surface area contributed by atoms with Crippen LogP contribution in [0.25, 0.3) is 0 Å². The maximum absolute atomic E-state index is 13.2. The Balaban J connectivity index is 0.000000638. The van der Waals surface area contributed by atoms with E-state index >= 15 is 0 Å². The van der Waals surface area contributed by atoms with E-state index in [1.165, 1.54) is 0 Å². The maximum Gasteiger partial charge on any atom is 0.490 e. The minimum Gasteiger partial charge on any atom is -0.475 e. The Bertz CT molecular complexity index is 1240.